The zero-order chi connectivity index (χ0) is 11.8. The highest BCUT2D eigenvalue weighted by atomic mass is 32.2. The summed E-state index contributed by atoms with van der Waals surface area (Å²) in [5.41, 5.74) is 0. The van der Waals surface area contributed by atoms with Gasteiger partial charge in [0.05, 0.1) is 17.4 Å². The smallest absolute Gasteiger partial charge is 0.227 e. The van der Waals surface area contributed by atoms with Crippen LogP contribution in [0, 0.1) is 5.92 Å². The van der Waals surface area contributed by atoms with E-state index in [4.69, 9.17) is 0 Å². The Morgan fingerprint density at radius 3 is 2.44 bits per heavy atom. The van der Waals surface area contributed by atoms with Gasteiger partial charge in [-0.05, 0) is 19.9 Å². The van der Waals surface area contributed by atoms with Crippen LogP contribution in [0.4, 0.5) is 0 Å². The molecule has 16 heavy (non-hydrogen) atoms. The van der Waals surface area contributed by atoms with Crippen molar-refractivity contribution in [2.24, 2.45) is 5.92 Å². The summed E-state index contributed by atoms with van der Waals surface area (Å²) in [5, 5.41) is 3.24. The van der Waals surface area contributed by atoms with Crippen molar-refractivity contribution in [1.29, 1.82) is 0 Å². The summed E-state index contributed by atoms with van der Waals surface area (Å²) in [6.07, 6.45) is 0.864. The SMILES string of the molecule is CC1NCCC1C(=O)N1CCS(=O)(=O)CC1. The Hall–Kier alpha value is -0.620. The Balaban J connectivity index is 1.96. The number of carbonyl (C=O) groups excluding carboxylic acids is 1. The van der Waals surface area contributed by atoms with Crippen LogP contribution in [-0.2, 0) is 14.6 Å². The van der Waals surface area contributed by atoms with Crippen molar-refractivity contribution >= 4 is 15.7 Å². The Morgan fingerprint density at radius 2 is 1.94 bits per heavy atom. The number of carbonyl (C=O) groups is 1. The topological polar surface area (TPSA) is 66.5 Å². The number of rotatable bonds is 1. The third-order valence-corrected chi connectivity index (χ3v) is 5.11. The Labute approximate surface area is 96.1 Å². The van der Waals surface area contributed by atoms with Crippen LogP contribution in [-0.4, -0.2) is 56.4 Å². The van der Waals surface area contributed by atoms with Gasteiger partial charge in [0.15, 0.2) is 9.84 Å². The predicted molar refractivity (Wildman–Crippen MR) is 60.8 cm³/mol. The summed E-state index contributed by atoms with van der Waals surface area (Å²) in [6, 6.07) is 0.214. The standard InChI is InChI=1S/C10H18N2O3S/c1-8-9(2-3-11-8)10(13)12-4-6-16(14,15)7-5-12/h8-9,11H,2-7H2,1H3. The Bertz CT molecular complexity index is 366. The molecule has 0 spiro atoms. The van der Waals surface area contributed by atoms with E-state index in [9.17, 15) is 13.2 Å². The van der Waals surface area contributed by atoms with Gasteiger partial charge in [0, 0.05) is 19.1 Å². The number of amides is 1. The van der Waals surface area contributed by atoms with E-state index < -0.39 is 9.84 Å². The first kappa shape index (κ1) is 11.9. The van der Waals surface area contributed by atoms with E-state index in [1.54, 1.807) is 4.90 Å². The molecule has 0 aromatic carbocycles. The van der Waals surface area contributed by atoms with Crippen molar-refractivity contribution in [3.63, 3.8) is 0 Å². The lowest BCUT2D eigenvalue weighted by Gasteiger charge is -2.30. The molecule has 1 amide bonds. The third-order valence-electron chi connectivity index (χ3n) is 3.50. The fraction of sp³-hybridized carbons (Fsp3) is 0.900. The van der Waals surface area contributed by atoms with Crippen LogP contribution in [0.25, 0.3) is 0 Å². The molecule has 0 aromatic rings. The second kappa shape index (κ2) is 4.33. The molecule has 0 saturated carbocycles. The minimum absolute atomic E-state index is 0.0285. The summed E-state index contributed by atoms with van der Waals surface area (Å²) in [7, 11) is -2.90. The molecule has 6 heteroatoms. The lowest BCUT2D eigenvalue weighted by atomic mass is 10.0. The molecule has 2 aliphatic rings. The van der Waals surface area contributed by atoms with Crippen LogP contribution < -0.4 is 5.32 Å². The molecule has 2 rings (SSSR count). The van der Waals surface area contributed by atoms with E-state index in [0.717, 1.165) is 13.0 Å². The molecule has 92 valence electrons. The highest BCUT2D eigenvalue weighted by molar-refractivity contribution is 7.91. The summed E-state index contributed by atoms with van der Waals surface area (Å²) in [4.78, 5) is 13.8. The van der Waals surface area contributed by atoms with Crippen molar-refractivity contribution in [3.05, 3.63) is 0 Å². The van der Waals surface area contributed by atoms with Gasteiger partial charge in [-0.1, -0.05) is 0 Å². The largest absolute Gasteiger partial charge is 0.340 e. The van der Waals surface area contributed by atoms with Crippen LogP contribution >= 0.6 is 0 Å². The van der Waals surface area contributed by atoms with Gasteiger partial charge < -0.3 is 10.2 Å². The van der Waals surface area contributed by atoms with E-state index >= 15 is 0 Å². The maximum Gasteiger partial charge on any atom is 0.227 e. The van der Waals surface area contributed by atoms with Gasteiger partial charge in [0.2, 0.25) is 5.91 Å². The summed E-state index contributed by atoms with van der Waals surface area (Å²) < 4.78 is 22.5. The molecule has 2 unspecified atom stereocenters. The quantitative estimate of drug-likeness (QED) is 0.660. The Kier molecular flexibility index (Phi) is 3.21. The summed E-state index contributed by atoms with van der Waals surface area (Å²) in [5.74, 6) is 0.383. The molecule has 2 atom stereocenters. The van der Waals surface area contributed by atoms with Crippen molar-refractivity contribution in [3.8, 4) is 0 Å². The molecule has 1 N–H and O–H groups in total. The highest BCUT2D eigenvalue weighted by Gasteiger charge is 2.34. The molecular weight excluding hydrogens is 228 g/mol. The van der Waals surface area contributed by atoms with Gasteiger partial charge >= 0.3 is 0 Å². The molecular formula is C10H18N2O3S. The molecule has 2 saturated heterocycles. The number of hydrogen-bond acceptors (Lipinski definition) is 4. The van der Waals surface area contributed by atoms with Crippen LogP contribution in [0.1, 0.15) is 13.3 Å². The molecule has 0 radical (unpaired) electrons. The van der Waals surface area contributed by atoms with Crippen LogP contribution in [0.3, 0.4) is 0 Å². The lowest BCUT2D eigenvalue weighted by molar-refractivity contribution is -0.135. The van der Waals surface area contributed by atoms with Gasteiger partial charge in [-0.3, -0.25) is 4.79 Å². The summed E-state index contributed by atoms with van der Waals surface area (Å²) >= 11 is 0. The molecule has 2 fully saturated rings. The second-order valence-electron chi connectivity index (χ2n) is 4.62. The fourth-order valence-corrected chi connectivity index (χ4v) is 3.56. The lowest BCUT2D eigenvalue weighted by Crippen LogP contribution is -2.47. The molecule has 0 aliphatic carbocycles. The number of sulfone groups is 1. The normalized spacial score (nSPS) is 33.9. The summed E-state index contributed by atoms with van der Waals surface area (Å²) in [6.45, 7) is 3.62. The zero-order valence-corrected chi connectivity index (χ0v) is 10.3. The number of hydrogen-bond donors (Lipinski definition) is 1. The fourth-order valence-electron chi connectivity index (χ4n) is 2.36. The van der Waals surface area contributed by atoms with Crippen molar-refractivity contribution in [2.75, 3.05) is 31.1 Å². The van der Waals surface area contributed by atoms with Gasteiger partial charge in [0.1, 0.15) is 0 Å². The molecule has 0 aromatic heterocycles. The van der Waals surface area contributed by atoms with Gasteiger partial charge in [-0.25, -0.2) is 8.42 Å². The predicted octanol–water partition coefficient (Wildman–Crippen LogP) is -0.759. The highest BCUT2D eigenvalue weighted by Crippen LogP contribution is 2.19. The maximum absolute atomic E-state index is 12.1. The minimum atomic E-state index is -2.90. The first-order valence-electron chi connectivity index (χ1n) is 5.72. The average Bonchev–Trinajstić information content (AvgIpc) is 2.63. The molecule has 2 heterocycles. The van der Waals surface area contributed by atoms with Crippen LogP contribution in [0.15, 0.2) is 0 Å². The van der Waals surface area contributed by atoms with Crippen molar-refractivity contribution < 1.29 is 13.2 Å². The second-order valence-corrected chi connectivity index (χ2v) is 6.92. The molecule has 0 bridgehead atoms. The average molecular weight is 246 g/mol. The molecule has 2 aliphatic heterocycles. The molecule has 5 nitrogen and oxygen atoms in total. The van der Waals surface area contributed by atoms with Gasteiger partial charge in [-0.2, -0.15) is 0 Å². The van der Waals surface area contributed by atoms with E-state index in [-0.39, 0.29) is 29.4 Å². The minimum Gasteiger partial charge on any atom is -0.340 e. The van der Waals surface area contributed by atoms with Crippen molar-refractivity contribution in [1.82, 2.24) is 10.2 Å². The maximum atomic E-state index is 12.1. The Morgan fingerprint density at radius 1 is 1.31 bits per heavy atom. The van der Waals surface area contributed by atoms with E-state index in [1.165, 1.54) is 0 Å². The van der Waals surface area contributed by atoms with E-state index in [0.29, 0.717) is 13.1 Å². The van der Waals surface area contributed by atoms with Crippen molar-refractivity contribution in [2.45, 2.75) is 19.4 Å². The first-order valence-corrected chi connectivity index (χ1v) is 7.54. The van der Waals surface area contributed by atoms with E-state index in [2.05, 4.69) is 5.32 Å². The third kappa shape index (κ3) is 2.38. The monoisotopic (exact) mass is 246 g/mol. The first-order chi connectivity index (χ1) is 7.49. The van der Waals surface area contributed by atoms with Crippen LogP contribution in [0.5, 0.6) is 0 Å². The number of nitrogens with one attached hydrogen (secondary N) is 1. The van der Waals surface area contributed by atoms with Gasteiger partial charge in [-0.15, -0.1) is 0 Å². The van der Waals surface area contributed by atoms with E-state index in [1.807, 2.05) is 6.92 Å². The number of nitrogens with zero attached hydrogens (tertiary/aromatic N) is 1. The van der Waals surface area contributed by atoms with Gasteiger partial charge in [0.25, 0.3) is 0 Å². The van der Waals surface area contributed by atoms with Crippen LogP contribution in [0.2, 0.25) is 0 Å². The zero-order valence-electron chi connectivity index (χ0n) is 9.48.